The number of hydrogen-bond donors (Lipinski definition) is 0. The van der Waals surface area contributed by atoms with Crippen molar-refractivity contribution in [2.75, 3.05) is 31.2 Å². The van der Waals surface area contributed by atoms with Crippen molar-refractivity contribution in [3.8, 4) is 0 Å². The molecule has 4 heterocycles. The van der Waals surface area contributed by atoms with Gasteiger partial charge in [-0.2, -0.15) is 0 Å². The van der Waals surface area contributed by atoms with Gasteiger partial charge < -0.3 is 9.64 Å². The van der Waals surface area contributed by atoms with E-state index in [2.05, 4.69) is 31.9 Å². The van der Waals surface area contributed by atoms with Crippen molar-refractivity contribution in [2.24, 2.45) is 5.92 Å². The largest absolute Gasteiger partial charge is 0.378 e. The summed E-state index contributed by atoms with van der Waals surface area (Å²) in [6.45, 7) is 1.79. The van der Waals surface area contributed by atoms with Crippen molar-refractivity contribution in [1.82, 2.24) is 9.47 Å². The van der Waals surface area contributed by atoms with Crippen LogP contribution in [-0.2, 0) is 25.7 Å². The summed E-state index contributed by atoms with van der Waals surface area (Å²) in [5, 5.41) is -0.124. The molecule has 0 aliphatic carbocycles. The number of anilines is 1. The number of amides is 3. The second kappa shape index (κ2) is 10.4. The minimum atomic E-state index is -0.717. The molecule has 3 aliphatic heterocycles. The third-order valence-electron chi connectivity index (χ3n) is 7.02. The third kappa shape index (κ3) is 4.49. The Balaban J connectivity index is 1.43. The van der Waals surface area contributed by atoms with Crippen LogP contribution in [0.25, 0.3) is 0 Å². The number of aromatic nitrogens is 1. The third-order valence-corrected chi connectivity index (χ3v) is 10.7. The Hall–Kier alpha value is -2.25. The summed E-state index contributed by atoms with van der Waals surface area (Å²) in [6, 6.07) is 14.7. The highest BCUT2D eigenvalue weighted by Gasteiger charge is 2.56. The number of carbonyl (C=O) groups excluding carboxylic acids is 3. The number of halogens is 2. The topological polar surface area (TPSA) is 88.9 Å². The van der Waals surface area contributed by atoms with Crippen molar-refractivity contribution in [2.45, 2.75) is 22.7 Å². The van der Waals surface area contributed by atoms with Crippen LogP contribution in [0.1, 0.15) is 16.4 Å². The molecule has 0 saturated carbocycles. The van der Waals surface area contributed by atoms with Crippen molar-refractivity contribution in [3.05, 3.63) is 77.6 Å². The fourth-order valence-electron chi connectivity index (χ4n) is 5.18. The van der Waals surface area contributed by atoms with E-state index in [-0.39, 0.29) is 29.1 Å². The summed E-state index contributed by atoms with van der Waals surface area (Å²) in [5.41, 5.74) is 1.35. The van der Waals surface area contributed by atoms with Crippen LogP contribution in [0, 0.1) is 5.92 Å². The summed E-state index contributed by atoms with van der Waals surface area (Å²) in [7, 11) is 0. The van der Waals surface area contributed by atoms with Gasteiger partial charge in [0.05, 0.1) is 29.8 Å². The van der Waals surface area contributed by atoms with Crippen LogP contribution in [0.2, 0.25) is 0 Å². The fourth-order valence-corrected chi connectivity index (χ4v) is 8.48. The first-order valence-corrected chi connectivity index (χ1v) is 15.3. The smallest absolute Gasteiger partial charge is 0.308 e. The lowest BCUT2D eigenvalue weighted by atomic mass is 9.83. The van der Waals surface area contributed by atoms with Crippen LogP contribution in [0.15, 0.2) is 67.3 Å². The Morgan fingerprint density at radius 3 is 2.21 bits per heavy atom. The molecular weight excluding hydrogens is 658 g/mol. The summed E-state index contributed by atoms with van der Waals surface area (Å²) in [4.78, 5) is 57.4. The monoisotopic (exact) mass is 677 g/mol. The quantitative estimate of drug-likeness (QED) is 0.387. The Morgan fingerprint density at radius 1 is 0.921 bits per heavy atom. The molecule has 2 aromatic carbocycles. The van der Waals surface area contributed by atoms with E-state index in [0.717, 1.165) is 30.7 Å². The molecule has 3 aromatic rings. The molecule has 2 unspecified atom stereocenters. The van der Waals surface area contributed by atoms with E-state index in [4.69, 9.17) is 4.74 Å². The lowest BCUT2D eigenvalue weighted by Crippen LogP contribution is -2.43. The van der Waals surface area contributed by atoms with E-state index in [1.54, 1.807) is 29.2 Å². The van der Waals surface area contributed by atoms with E-state index in [1.165, 1.54) is 21.2 Å². The Bertz CT molecular complexity index is 1480. The first-order valence-electron chi connectivity index (χ1n) is 12.0. The molecule has 38 heavy (non-hydrogen) atoms. The maximum Gasteiger partial charge on any atom is 0.308 e. The van der Waals surface area contributed by atoms with Crippen LogP contribution in [-0.4, -0.2) is 58.7 Å². The molecule has 0 spiro atoms. The molecule has 3 atom stereocenters. The van der Waals surface area contributed by atoms with Gasteiger partial charge in [0.2, 0.25) is 17.7 Å². The summed E-state index contributed by atoms with van der Waals surface area (Å²) >= 11 is 9.15. The average Bonchev–Trinajstić information content (AvgIpc) is 3.36. The van der Waals surface area contributed by atoms with Gasteiger partial charge in [0.1, 0.15) is 11.8 Å². The first-order chi connectivity index (χ1) is 18.3. The molecule has 6 rings (SSSR count). The van der Waals surface area contributed by atoms with Gasteiger partial charge in [-0.05, 0) is 42.0 Å². The summed E-state index contributed by atoms with van der Waals surface area (Å²) in [6.07, 6.45) is 0. The molecule has 3 aliphatic rings. The highest BCUT2D eigenvalue weighted by molar-refractivity contribution is 9.10. The van der Waals surface area contributed by atoms with Crippen LogP contribution >= 0.6 is 55.0 Å². The van der Waals surface area contributed by atoms with Crippen LogP contribution in [0.4, 0.5) is 5.69 Å². The Labute approximate surface area is 243 Å². The second-order valence-electron chi connectivity index (χ2n) is 9.20. The molecule has 0 N–H and O–H groups in total. The zero-order chi connectivity index (χ0) is 26.6. The minimum Gasteiger partial charge on any atom is -0.378 e. The number of imide groups is 1. The fraction of sp³-hybridized carbons (Fsp3) is 0.308. The zero-order valence-electron chi connectivity index (χ0n) is 19.8. The lowest BCUT2D eigenvalue weighted by molar-refractivity contribution is -0.136. The Kier molecular flexibility index (Phi) is 7.10. The van der Waals surface area contributed by atoms with Crippen molar-refractivity contribution < 1.29 is 19.1 Å². The predicted octanol–water partition coefficient (Wildman–Crippen LogP) is 4.09. The number of thioether (sulfide) groups is 1. The van der Waals surface area contributed by atoms with E-state index in [9.17, 15) is 19.2 Å². The van der Waals surface area contributed by atoms with Gasteiger partial charge >= 0.3 is 4.87 Å². The molecule has 2 saturated heterocycles. The predicted molar refractivity (Wildman–Crippen MR) is 152 cm³/mol. The number of benzene rings is 2. The van der Waals surface area contributed by atoms with Crippen molar-refractivity contribution in [1.29, 1.82) is 0 Å². The Morgan fingerprint density at radius 2 is 1.55 bits per heavy atom. The highest BCUT2D eigenvalue weighted by atomic mass is 79.9. The van der Waals surface area contributed by atoms with E-state index in [0.29, 0.717) is 37.0 Å². The second-order valence-corrected chi connectivity index (χ2v) is 13.2. The zero-order valence-corrected chi connectivity index (χ0v) is 24.6. The number of fused-ring (bicyclic) bond motifs is 2. The maximum absolute atomic E-state index is 13.9. The van der Waals surface area contributed by atoms with Crippen LogP contribution in [0.3, 0.4) is 0 Å². The number of nitrogens with zero attached hydrogens (tertiary/aromatic N) is 3. The molecule has 0 radical (unpaired) electrons. The average molecular weight is 679 g/mol. The molecule has 1 aromatic heterocycles. The molecule has 196 valence electrons. The van der Waals surface area contributed by atoms with Crippen molar-refractivity contribution in [3.63, 3.8) is 0 Å². The molecular formula is C26H21Br2N3O5S2. The van der Waals surface area contributed by atoms with Gasteiger partial charge in [-0.15, -0.1) is 0 Å². The van der Waals surface area contributed by atoms with Gasteiger partial charge in [-0.3, -0.25) is 23.7 Å². The maximum atomic E-state index is 13.9. The van der Waals surface area contributed by atoms with Gasteiger partial charge in [0.15, 0.2) is 0 Å². The number of ether oxygens (including phenoxy) is 1. The molecule has 12 heteroatoms. The number of morpholine rings is 1. The number of hydrogen-bond acceptors (Lipinski definition) is 7. The molecule has 8 nitrogen and oxygen atoms in total. The van der Waals surface area contributed by atoms with Gasteiger partial charge in [-0.25, -0.2) is 4.90 Å². The van der Waals surface area contributed by atoms with Gasteiger partial charge in [-0.1, -0.05) is 67.1 Å². The molecule has 3 amide bonds. The SMILES string of the molecule is O=C(Cn1c2c(sc1=O)[C@H](c1ccc(Br)cc1)C1C(=O)N(c3ccc(Br)cc3)C(=O)C1S2)N1CCOCC1. The first kappa shape index (κ1) is 26.0. The van der Waals surface area contributed by atoms with Crippen LogP contribution in [0.5, 0.6) is 0 Å². The summed E-state index contributed by atoms with van der Waals surface area (Å²) in [5.74, 6) is -1.93. The normalized spacial score (nSPS) is 22.9. The van der Waals surface area contributed by atoms with Gasteiger partial charge in [0.25, 0.3) is 0 Å². The number of thiazole rings is 1. The lowest BCUT2D eigenvalue weighted by Gasteiger charge is -2.31. The summed E-state index contributed by atoms with van der Waals surface area (Å²) < 4.78 is 8.55. The molecule has 0 bridgehead atoms. The standard InChI is InChI=1S/C26H21Br2N3O5S2/c27-15-3-1-14(2-4-15)19-20-21(24(34)31(23(20)33)17-7-5-16(28)6-8-17)37-25-22(19)38-26(35)30(25)13-18(32)29-9-11-36-12-10-29/h1-8,19-21H,9-13H2/t19-,20?,21?/m1/s1. The molecule has 2 fully saturated rings. The van der Waals surface area contributed by atoms with E-state index < -0.39 is 17.1 Å². The highest BCUT2D eigenvalue weighted by Crippen LogP contribution is 2.54. The van der Waals surface area contributed by atoms with Gasteiger partial charge in [0, 0.05) is 32.8 Å². The van der Waals surface area contributed by atoms with Crippen LogP contribution < -0.4 is 9.77 Å². The number of carbonyl (C=O) groups is 3. The number of rotatable bonds is 4. The van der Waals surface area contributed by atoms with Crippen molar-refractivity contribution >= 4 is 78.4 Å². The van der Waals surface area contributed by atoms with E-state index >= 15 is 0 Å². The minimum absolute atomic E-state index is 0.110. The van der Waals surface area contributed by atoms with E-state index in [1.807, 2.05) is 24.3 Å².